The molecule has 7 amide bonds. The highest BCUT2D eigenvalue weighted by Crippen LogP contribution is 2.34. The first kappa shape index (κ1) is 51.8. The number of thioether (sulfide) groups is 1. The maximum Gasteiger partial charge on any atom is 0.263 e. The van der Waals surface area contributed by atoms with E-state index in [0.717, 1.165) is 61.3 Å². The number of amides is 7. The second kappa shape index (κ2) is 26.8. The summed E-state index contributed by atoms with van der Waals surface area (Å²) in [5, 5.41) is 5.16. The third-order valence-electron chi connectivity index (χ3n) is 12.7. The molecule has 19 heteroatoms. The lowest BCUT2D eigenvalue weighted by Crippen LogP contribution is -2.54. The van der Waals surface area contributed by atoms with Gasteiger partial charge in [-0.15, -0.1) is 11.8 Å². The van der Waals surface area contributed by atoms with Gasteiger partial charge in [0.05, 0.1) is 57.4 Å². The van der Waals surface area contributed by atoms with Crippen LogP contribution in [0.1, 0.15) is 81.6 Å². The normalized spacial score (nSPS) is 17.6. The van der Waals surface area contributed by atoms with Crippen molar-refractivity contribution in [2.24, 2.45) is 5.92 Å². The van der Waals surface area contributed by atoms with Crippen molar-refractivity contribution in [3.05, 3.63) is 95.3 Å². The number of fused-ring (bicyclic) bond motifs is 1. The average molecular weight is 982 g/mol. The van der Waals surface area contributed by atoms with Gasteiger partial charge in [-0.25, -0.2) is 0 Å². The number of hydrogen-bond donors (Lipinski definition) is 2. The van der Waals surface area contributed by atoms with E-state index in [4.69, 9.17) is 18.9 Å². The Kier molecular flexibility index (Phi) is 19.9. The first-order chi connectivity index (χ1) is 34.2. The Morgan fingerprint density at radius 3 is 2.17 bits per heavy atom. The zero-order valence-electron chi connectivity index (χ0n) is 39.6. The molecule has 3 aromatic rings. The van der Waals surface area contributed by atoms with Crippen molar-refractivity contribution in [3.63, 3.8) is 0 Å². The number of benzene rings is 2. The molecule has 70 heavy (non-hydrogen) atoms. The highest BCUT2D eigenvalue weighted by atomic mass is 32.2. The Morgan fingerprint density at radius 2 is 1.47 bits per heavy atom. The highest BCUT2D eigenvalue weighted by Gasteiger charge is 2.45. The minimum absolute atomic E-state index is 0.0163. The Hall–Kier alpha value is -5.99. The highest BCUT2D eigenvalue weighted by molar-refractivity contribution is 7.99. The summed E-state index contributed by atoms with van der Waals surface area (Å²) >= 11 is 1.38. The molecule has 1 unspecified atom stereocenters. The number of likely N-dealkylation sites (tertiary alicyclic amines) is 1. The zero-order valence-corrected chi connectivity index (χ0v) is 40.4. The van der Waals surface area contributed by atoms with Crippen molar-refractivity contribution >= 4 is 64.9 Å². The van der Waals surface area contributed by atoms with Crippen LogP contribution >= 0.6 is 11.8 Å². The lowest BCUT2D eigenvalue weighted by molar-refractivity contribution is -0.137. The van der Waals surface area contributed by atoms with Crippen LogP contribution in [0.5, 0.6) is 0 Å². The van der Waals surface area contributed by atoms with Gasteiger partial charge in [0.25, 0.3) is 17.7 Å². The van der Waals surface area contributed by atoms with Gasteiger partial charge < -0.3 is 39.0 Å². The van der Waals surface area contributed by atoms with Gasteiger partial charge in [-0.1, -0.05) is 25.0 Å². The molecule has 0 aliphatic carbocycles. The summed E-state index contributed by atoms with van der Waals surface area (Å²) in [6, 6.07) is 15.6. The molecule has 1 atom stereocenters. The number of ether oxygens (including phenoxy) is 4. The minimum atomic E-state index is -1.01. The van der Waals surface area contributed by atoms with Crippen LogP contribution in [-0.4, -0.2) is 171 Å². The number of nitrogens with one attached hydrogen (secondary N) is 2. The van der Waals surface area contributed by atoms with Crippen LogP contribution in [0.2, 0.25) is 0 Å². The van der Waals surface area contributed by atoms with Crippen molar-refractivity contribution in [1.82, 2.24) is 30.3 Å². The van der Waals surface area contributed by atoms with Crippen molar-refractivity contribution in [3.8, 4) is 0 Å². The van der Waals surface area contributed by atoms with Crippen LogP contribution in [0.3, 0.4) is 0 Å². The second-order valence-electron chi connectivity index (χ2n) is 17.4. The molecule has 5 heterocycles. The van der Waals surface area contributed by atoms with E-state index < -0.39 is 29.7 Å². The van der Waals surface area contributed by atoms with E-state index in [1.807, 2.05) is 46.2 Å². The van der Waals surface area contributed by atoms with Crippen LogP contribution in [-0.2, 0) is 38.1 Å². The molecule has 374 valence electrons. The maximum atomic E-state index is 13.3. The Bertz CT molecular complexity index is 2300. The van der Waals surface area contributed by atoms with Gasteiger partial charge in [-0.2, -0.15) is 0 Å². The topological polar surface area (TPSA) is 206 Å². The molecule has 7 rings (SSSR count). The molecule has 0 bridgehead atoms. The summed E-state index contributed by atoms with van der Waals surface area (Å²) < 4.78 is 22.4. The molecule has 2 N–H and O–H groups in total. The number of anilines is 1. The number of piperidine rings is 2. The van der Waals surface area contributed by atoms with E-state index in [9.17, 15) is 33.6 Å². The van der Waals surface area contributed by atoms with Crippen LogP contribution < -0.4 is 15.5 Å². The van der Waals surface area contributed by atoms with E-state index in [2.05, 4.69) is 20.5 Å². The average Bonchev–Trinajstić information content (AvgIpc) is 3.64. The summed E-state index contributed by atoms with van der Waals surface area (Å²) in [7, 11) is 0. The number of piperazine rings is 1. The third-order valence-corrected chi connectivity index (χ3v) is 13.7. The molecule has 18 nitrogen and oxygen atoms in total. The van der Waals surface area contributed by atoms with Gasteiger partial charge in [0.1, 0.15) is 12.6 Å². The predicted octanol–water partition coefficient (Wildman–Crippen LogP) is 3.84. The molecule has 3 fully saturated rings. The molecule has 4 aliphatic rings. The van der Waals surface area contributed by atoms with E-state index in [1.165, 1.54) is 17.8 Å². The Balaban J connectivity index is 0.663. The molecular formula is C51H63N7O11S. The largest absolute Gasteiger partial charge is 0.378 e. The van der Waals surface area contributed by atoms with Gasteiger partial charge in [0, 0.05) is 92.6 Å². The molecule has 0 saturated carbocycles. The summed E-state index contributed by atoms with van der Waals surface area (Å²) in [5.74, 6) is -1.11. The molecule has 0 radical (unpaired) electrons. The van der Waals surface area contributed by atoms with E-state index in [-0.39, 0.29) is 54.9 Å². The number of pyridine rings is 1. The fourth-order valence-corrected chi connectivity index (χ4v) is 9.77. The standard InChI is InChI=1S/C51H63N7O11S/c59-44(15-9-38-6-4-19-52-35-38)53-20-2-1-5-37-17-21-57(22-18-37)49(63)39-10-12-40(13-11-39)55-23-25-56(26-24-55)46(61)36-69-32-31-67-28-27-66-29-30-68-33-34-70-43-8-3-7-41-47(43)51(65)58(50(41)64)42-14-16-45(60)54-48(42)62/h3-4,6-13,15,19,35,37,42H,1-2,5,14,16-18,20-34,36H2,(H,53,59)(H,54,60,62)/b15-9+. The number of nitrogens with zero attached hydrogens (tertiary/aromatic N) is 5. The SMILES string of the molecule is O=C(/C=C/c1cccnc1)NCCCCC1CCN(C(=O)c2ccc(N3CCN(C(=O)COCCOCCOCCOCCSc4cccc5c4C(=O)N(C4CCC(=O)NC4=O)C5=O)CC3)cc2)CC1. The van der Waals surface area contributed by atoms with Crippen LogP contribution in [0, 0.1) is 5.92 Å². The molecule has 1 aromatic heterocycles. The van der Waals surface area contributed by atoms with Crippen LogP contribution in [0.25, 0.3) is 6.08 Å². The van der Waals surface area contributed by atoms with Gasteiger partial charge >= 0.3 is 0 Å². The minimum Gasteiger partial charge on any atom is -0.378 e. The number of hydrogen-bond acceptors (Lipinski definition) is 14. The van der Waals surface area contributed by atoms with E-state index >= 15 is 0 Å². The van der Waals surface area contributed by atoms with Gasteiger partial charge in [0.15, 0.2) is 0 Å². The fraction of sp³-hybridized carbons (Fsp3) is 0.490. The van der Waals surface area contributed by atoms with Gasteiger partial charge in [-0.3, -0.25) is 48.8 Å². The maximum absolute atomic E-state index is 13.3. The number of imide groups is 2. The van der Waals surface area contributed by atoms with Crippen molar-refractivity contribution < 1.29 is 52.5 Å². The smallest absolute Gasteiger partial charge is 0.263 e. The first-order valence-corrected chi connectivity index (χ1v) is 25.2. The number of carbonyl (C=O) groups is 7. The zero-order chi connectivity index (χ0) is 49.1. The van der Waals surface area contributed by atoms with Gasteiger partial charge in [-0.05, 0) is 85.7 Å². The second-order valence-corrected chi connectivity index (χ2v) is 18.6. The number of unbranched alkanes of at least 4 members (excludes halogenated alkanes) is 1. The fourth-order valence-electron chi connectivity index (χ4n) is 8.84. The number of carbonyl (C=O) groups excluding carboxylic acids is 7. The Labute approximate surface area is 412 Å². The van der Waals surface area contributed by atoms with Crippen LogP contribution in [0.15, 0.2) is 78.0 Å². The number of rotatable bonds is 25. The molecule has 2 aromatic carbocycles. The summed E-state index contributed by atoms with van der Waals surface area (Å²) in [4.78, 5) is 100. The predicted molar refractivity (Wildman–Crippen MR) is 261 cm³/mol. The van der Waals surface area contributed by atoms with Crippen LogP contribution in [0.4, 0.5) is 5.69 Å². The van der Waals surface area contributed by atoms with Gasteiger partial charge in [0.2, 0.25) is 23.6 Å². The van der Waals surface area contributed by atoms with Crippen molar-refractivity contribution in [2.45, 2.75) is 55.9 Å². The number of aromatic nitrogens is 1. The molecule has 3 saturated heterocycles. The quantitative estimate of drug-likeness (QED) is 0.0536. The summed E-state index contributed by atoms with van der Waals surface area (Å²) in [5.41, 5.74) is 3.12. The monoisotopic (exact) mass is 981 g/mol. The molecular weight excluding hydrogens is 919 g/mol. The first-order valence-electron chi connectivity index (χ1n) is 24.2. The lowest BCUT2D eigenvalue weighted by atomic mass is 9.91. The summed E-state index contributed by atoms with van der Waals surface area (Å²) in [6.07, 6.45) is 11.9. The Morgan fingerprint density at radius 1 is 0.757 bits per heavy atom. The summed E-state index contributed by atoms with van der Waals surface area (Å²) in [6.45, 7) is 7.13. The molecule has 0 spiro atoms. The third kappa shape index (κ3) is 14.8. The van der Waals surface area contributed by atoms with Crippen molar-refractivity contribution in [1.29, 1.82) is 0 Å². The van der Waals surface area contributed by atoms with E-state index in [1.54, 1.807) is 36.7 Å². The molecule has 4 aliphatic heterocycles. The van der Waals surface area contributed by atoms with E-state index in [0.29, 0.717) is 94.5 Å². The lowest BCUT2D eigenvalue weighted by Gasteiger charge is -2.36. The van der Waals surface area contributed by atoms with Crippen molar-refractivity contribution in [2.75, 3.05) is 109 Å².